The van der Waals surface area contributed by atoms with E-state index in [1.807, 2.05) is 42.5 Å². The van der Waals surface area contributed by atoms with Crippen molar-refractivity contribution in [3.8, 4) is 5.75 Å². The number of anilines is 1. The summed E-state index contributed by atoms with van der Waals surface area (Å²) in [5, 5.41) is 10.6. The van der Waals surface area contributed by atoms with Gasteiger partial charge in [0, 0.05) is 23.8 Å². The minimum Gasteiger partial charge on any atom is -0.489 e. The van der Waals surface area contributed by atoms with Gasteiger partial charge in [-0.15, -0.1) is 0 Å². The Hall–Kier alpha value is -1.42. The molecule has 0 aliphatic rings. The lowest BCUT2D eigenvalue weighted by molar-refractivity contribution is 0.123. The van der Waals surface area contributed by atoms with Crippen LogP contribution in [0.1, 0.15) is 19.4 Å². The second-order valence-electron chi connectivity index (χ2n) is 5.42. The van der Waals surface area contributed by atoms with Gasteiger partial charge in [0.05, 0.1) is 11.1 Å². The molecule has 124 valence electrons. The van der Waals surface area contributed by atoms with E-state index in [0.29, 0.717) is 10.8 Å². The van der Waals surface area contributed by atoms with Crippen molar-refractivity contribution < 1.29 is 9.84 Å². The number of hydrogen-bond donors (Lipinski definition) is 1. The lowest BCUT2D eigenvalue weighted by Gasteiger charge is -2.24. The van der Waals surface area contributed by atoms with Gasteiger partial charge in [0.2, 0.25) is 0 Å². The molecule has 0 heterocycles. The van der Waals surface area contributed by atoms with Crippen LogP contribution in [0.5, 0.6) is 5.75 Å². The fraction of sp³-hybridized carbons (Fsp3) is 0.333. The van der Waals surface area contributed by atoms with E-state index < -0.39 is 6.10 Å². The summed E-state index contributed by atoms with van der Waals surface area (Å²) < 4.78 is 5.56. The molecule has 2 rings (SSSR count). The predicted octanol–water partition coefficient (Wildman–Crippen LogP) is 4.78. The average Bonchev–Trinajstić information content (AvgIpc) is 2.52. The monoisotopic (exact) mass is 353 g/mol. The van der Waals surface area contributed by atoms with Crippen LogP contribution in [0.4, 0.5) is 5.69 Å². The van der Waals surface area contributed by atoms with Crippen LogP contribution in [0, 0.1) is 0 Å². The van der Waals surface area contributed by atoms with E-state index >= 15 is 0 Å². The Labute approximate surface area is 147 Å². The van der Waals surface area contributed by atoms with Gasteiger partial charge in [-0.05, 0) is 49.7 Å². The minimum absolute atomic E-state index is 0.217. The second-order valence-corrected chi connectivity index (χ2v) is 6.26. The highest BCUT2D eigenvalue weighted by Crippen LogP contribution is 2.28. The van der Waals surface area contributed by atoms with Crippen molar-refractivity contribution in [3.05, 3.63) is 58.1 Å². The van der Waals surface area contributed by atoms with Crippen molar-refractivity contribution in [2.45, 2.75) is 26.5 Å². The van der Waals surface area contributed by atoms with E-state index in [1.165, 1.54) is 0 Å². The first-order chi connectivity index (χ1) is 11.0. The van der Waals surface area contributed by atoms with E-state index in [-0.39, 0.29) is 6.61 Å². The molecule has 2 aromatic rings. The van der Waals surface area contributed by atoms with Gasteiger partial charge in [-0.1, -0.05) is 35.3 Å². The van der Waals surface area contributed by atoms with E-state index in [9.17, 15) is 5.11 Å². The number of nitrogens with zero attached hydrogens (tertiary/aromatic N) is 1. The largest absolute Gasteiger partial charge is 0.489 e. The van der Waals surface area contributed by atoms with Gasteiger partial charge in [0.1, 0.15) is 12.4 Å². The lowest BCUT2D eigenvalue weighted by atomic mass is 10.2. The smallest absolute Gasteiger partial charge is 0.138 e. The number of aliphatic hydroxyl groups is 1. The van der Waals surface area contributed by atoms with E-state index in [4.69, 9.17) is 27.9 Å². The normalized spacial score (nSPS) is 12.0. The van der Waals surface area contributed by atoms with Gasteiger partial charge in [0.15, 0.2) is 0 Å². The first-order valence-corrected chi connectivity index (χ1v) is 8.35. The molecular formula is C18H21Cl2NO2. The van der Waals surface area contributed by atoms with Gasteiger partial charge < -0.3 is 14.7 Å². The fourth-order valence-electron chi connectivity index (χ4n) is 2.25. The summed E-state index contributed by atoms with van der Waals surface area (Å²) in [6.07, 6.45) is -0.534. The van der Waals surface area contributed by atoms with E-state index in [0.717, 1.165) is 29.4 Å². The Kier molecular flexibility index (Phi) is 6.58. The van der Waals surface area contributed by atoms with Gasteiger partial charge >= 0.3 is 0 Å². The molecule has 0 saturated heterocycles. The predicted molar refractivity (Wildman–Crippen MR) is 96.8 cm³/mol. The Morgan fingerprint density at radius 3 is 2.61 bits per heavy atom. The molecule has 0 saturated carbocycles. The summed E-state index contributed by atoms with van der Waals surface area (Å²) in [6, 6.07) is 13.5. The molecule has 0 fully saturated rings. The van der Waals surface area contributed by atoms with Crippen molar-refractivity contribution in [1.82, 2.24) is 0 Å². The third-order valence-corrected chi connectivity index (χ3v) is 3.95. The number of halogens is 2. The Morgan fingerprint density at radius 1 is 1.17 bits per heavy atom. The molecule has 0 aliphatic heterocycles. The summed E-state index contributed by atoms with van der Waals surface area (Å²) in [5.74, 6) is 0.590. The first-order valence-electron chi connectivity index (χ1n) is 7.59. The fourth-order valence-corrected chi connectivity index (χ4v) is 2.60. The summed E-state index contributed by atoms with van der Waals surface area (Å²) in [7, 11) is 0. The molecule has 0 aromatic heterocycles. The Bertz CT molecular complexity index is 647. The highest BCUT2D eigenvalue weighted by atomic mass is 35.5. The van der Waals surface area contributed by atoms with Crippen molar-refractivity contribution in [2.75, 3.05) is 18.1 Å². The molecule has 0 amide bonds. The zero-order chi connectivity index (χ0) is 16.8. The third kappa shape index (κ3) is 5.31. The van der Waals surface area contributed by atoms with Crippen molar-refractivity contribution >= 4 is 28.9 Å². The quantitative estimate of drug-likeness (QED) is 0.777. The maximum Gasteiger partial charge on any atom is 0.138 e. The molecule has 1 atom stereocenters. The van der Waals surface area contributed by atoms with Crippen molar-refractivity contribution in [1.29, 1.82) is 0 Å². The number of benzene rings is 2. The van der Waals surface area contributed by atoms with E-state index in [1.54, 1.807) is 6.92 Å². The van der Waals surface area contributed by atoms with Gasteiger partial charge in [-0.3, -0.25) is 0 Å². The number of aliphatic hydroxyl groups excluding tert-OH is 1. The third-order valence-electron chi connectivity index (χ3n) is 3.40. The number of ether oxygens (including phenoxy) is 1. The van der Waals surface area contributed by atoms with Crippen LogP contribution in [-0.4, -0.2) is 24.4 Å². The van der Waals surface area contributed by atoms with Crippen LogP contribution in [0.2, 0.25) is 10.0 Å². The minimum atomic E-state index is -0.534. The van der Waals surface area contributed by atoms with Gasteiger partial charge in [-0.2, -0.15) is 0 Å². The van der Waals surface area contributed by atoms with Crippen LogP contribution in [0.15, 0.2) is 42.5 Å². The first kappa shape index (κ1) is 17.9. The molecule has 5 heteroatoms. The lowest BCUT2D eigenvalue weighted by Crippen LogP contribution is -2.22. The van der Waals surface area contributed by atoms with Gasteiger partial charge in [-0.25, -0.2) is 0 Å². The number of hydrogen-bond acceptors (Lipinski definition) is 3. The molecule has 2 aromatic carbocycles. The standard InChI is InChI=1S/C18H21Cl2NO2/c1-3-21(16-6-4-5-15(19)10-16)11-14-7-8-17(20)18(9-14)23-12-13(2)22/h4-10,13,22H,3,11-12H2,1-2H3. The molecule has 1 N–H and O–H groups in total. The molecule has 1 unspecified atom stereocenters. The molecule has 0 spiro atoms. The zero-order valence-corrected chi connectivity index (χ0v) is 14.8. The highest BCUT2D eigenvalue weighted by molar-refractivity contribution is 6.32. The summed E-state index contributed by atoms with van der Waals surface area (Å²) in [4.78, 5) is 2.22. The van der Waals surface area contributed by atoms with Gasteiger partial charge in [0.25, 0.3) is 0 Å². The van der Waals surface area contributed by atoms with Crippen LogP contribution in [0.25, 0.3) is 0 Å². The SMILES string of the molecule is CCN(Cc1ccc(Cl)c(OCC(C)O)c1)c1cccc(Cl)c1. The van der Waals surface area contributed by atoms with Crippen LogP contribution in [0.3, 0.4) is 0 Å². The Morgan fingerprint density at radius 2 is 1.96 bits per heavy atom. The molecular weight excluding hydrogens is 333 g/mol. The molecule has 0 aliphatic carbocycles. The number of rotatable bonds is 7. The molecule has 0 radical (unpaired) electrons. The van der Waals surface area contributed by atoms with Crippen LogP contribution >= 0.6 is 23.2 Å². The molecule has 3 nitrogen and oxygen atoms in total. The summed E-state index contributed by atoms with van der Waals surface area (Å²) in [6.45, 7) is 5.57. The van der Waals surface area contributed by atoms with E-state index in [2.05, 4.69) is 11.8 Å². The Balaban J connectivity index is 2.16. The summed E-state index contributed by atoms with van der Waals surface area (Å²) >= 11 is 12.2. The molecule has 23 heavy (non-hydrogen) atoms. The average molecular weight is 354 g/mol. The highest BCUT2D eigenvalue weighted by Gasteiger charge is 2.09. The maximum atomic E-state index is 9.34. The summed E-state index contributed by atoms with van der Waals surface area (Å²) in [5.41, 5.74) is 2.15. The topological polar surface area (TPSA) is 32.7 Å². The van der Waals surface area contributed by atoms with Crippen LogP contribution < -0.4 is 9.64 Å². The van der Waals surface area contributed by atoms with Crippen molar-refractivity contribution in [3.63, 3.8) is 0 Å². The van der Waals surface area contributed by atoms with Crippen LogP contribution in [-0.2, 0) is 6.54 Å². The van der Waals surface area contributed by atoms with Crippen molar-refractivity contribution in [2.24, 2.45) is 0 Å². The zero-order valence-electron chi connectivity index (χ0n) is 13.3. The maximum absolute atomic E-state index is 9.34. The molecule has 0 bridgehead atoms. The second kappa shape index (κ2) is 8.44.